The Kier molecular flexibility index (Phi) is 12.6. The molecule has 0 aliphatic rings. The van der Waals surface area contributed by atoms with Crippen LogP contribution in [-0.2, 0) is 4.74 Å². The van der Waals surface area contributed by atoms with Crippen LogP contribution in [0.5, 0.6) is 0 Å². The van der Waals surface area contributed by atoms with Gasteiger partial charge in [-0.15, -0.1) is 6.58 Å². The normalized spacial score (nSPS) is 10.9. The zero-order valence-electron chi connectivity index (χ0n) is 12.2. The van der Waals surface area contributed by atoms with Gasteiger partial charge in [-0.1, -0.05) is 33.3 Å². The molecule has 2 nitrogen and oxygen atoms in total. The largest absolute Gasteiger partial charge is 0.383 e. The van der Waals surface area contributed by atoms with Crippen molar-refractivity contribution in [2.45, 2.75) is 40.5 Å². The van der Waals surface area contributed by atoms with E-state index in [1.807, 2.05) is 6.92 Å². The van der Waals surface area contributed by atoms with E-state index in [-0.39, 0.29) is 0 Å². The highest BCUT2D eigenvalue weighted by molar-refractivity contribution is 4.68. The van der Waals surface area contributed by atoms with Crippen molar-refractivity contribution >= 4 is 0 Å². The number of rotatable bonds is 7. The van der Waals surface area contributed by atoms with Crippen molar-refractivity contribution in [3.63, 3.8) is 0 Å². The van der Waals surface area contributed by atoms with Gasteiger partial charge < -0.3 is 9.64 Å². The lowest BCUT2D eigenvalue weighted by atomic mass is 9.86. The fourth-order valence-electron chi connectivity index (χ4n) is 1.03. The third kappa shape index (κ3) is 13.7. The minimum atomic E-state index is 0.487. The zero-order chi connectivity index (χ0) is 13.0. The highest BCUT2D eigenvalue weighted by Gasteiger charge is 2.15. The summed E-state index contributed by atoms with van der Waals surface area (Å²) in [7, 11) is 3.91. The van der Waals surface area contributed by atoms with Crippen LogP contribution in [0.4, 0.5) is 0 Å². The molecule has 0 fully saturated rings. The van der Waals surface area contributed by atoms with Crippen LogP contribution in [0, 0.1) is 5.41 Å². The third-order valence-corrected chi connectivity index (χ3v) is 2.80. The van der Waals surface area contributed by atoms with Crippen LogP contribution in [0.25, 0.3) is 0 Å². The molecule has 0 aromatic rings. The lowest BCUT2D eigenvalue weighted by molar-refractivity contribution is 0.151. The maximum Gasteiger partial charge on any atom is 0.0589 e. The fraction of sp³-hybridized carbons (Fsp3) is 0.857. The Labute approximate surface area is 103 Å². The molecule has 0 N–H and O–H groups in total. The van der Waals surface area contributed by atoms with E-state index in [1.165, 1.54) is 19.4 Å². The van der Waals surface area contributed by atoms with E-state index in [9.17, 15) is 0 Å². The van der Waals surface area contributed by atoms with E-state index < -0.39 is 0 Å². The van der Waals surface area contributed by atoms with E-state index in [4.69, 9.17) is 4.74 Å². The molecule has 0 aromatic carbocycles. The van der Waals surface area contributed by atoms with Gasteiger partial charge in [0.15, 0.2) is 0 Å². The Morgan fingerprint density at radius 3 is 2.19 bits per heavy atom. The van der Waals surface area contributed by atoms with Crippen molar-refractivity contribution in [2.75, 3.05) is 33.9 Å². The molecule has 0 atom stereocenters. The standard InChI is InChI=1S/C11H25NO.C3H6/c1-6-11(2,3)7-8-12(4)9-10-13-5;1-3-2/h6-10H2,1-5H3;3H,1H2,2H3. The second-order valence-corrected chi connectivity index (χ2v) is 4.97. The highest BCUT2D eigenvalue weighted by Crippen LogP contribution is 2.24. The fourth-order valence-corrected chi connectivity index (χ4v) is 1.03. The summed E-state index contributed by atoms with van der Waals surface area (Å²) in [5, 5.41) is 0. The summed E-state index contributed by atoms with van der Waals surface area (Å²) in [5.41, 5.74) is 0.487. The zero-order valence-corrected chi connectivity index (χ0v) is 12.2. The van der Waals surface area contributed by atoms with Gasteiger partial charge in [0.2, 0.25) is 0 Å². The van der Waals surface area contributed by atoms with Crippen molar-refractivity contribution in [1.29, 1.82) is 0 Å². The summed E-state index contributed by atoms with van der Waals surface area (Å²) < 4.78 is 5.03. The van der Waals surface area contributed by atoms with Crippen LogP contribution in [0.1, 0.15) is 40.5 Å². The Bertz CT molecular complexity index is 155. The molecule has 0 spiro atoms. The molecule has 0 bridgehead atoms. The molecule has 0 unspecified atom stereocenters. The van der Waals surface area contributed by atoms with E-state index in [0.717, 1.165) is 13.2 Å². The molecule has 0 saturated carbocycles. The monoisotopic (exact) mass is 229 g/mol. The summed E-state index contributed by atoms with van der Waals surface area (Å²) >= 11 is 0. The molecule has 0 heterocycles. The minimum absolute atomic E-state index is 0.487. The maximum absolute atomic E-state index is 5.03. The van der Waals surface area contributed by atoms with E-state index in [1.54, 1.807) is 13.2 Å². The maximum atomic E-state index is 5.03. The van der Waals surface area contributed by atoms with Gasteiger partial charge in [-0.3, -0.25) is 0 Å². The molecule has 2 heteroatoms. The van der Waals surface area contributed by atoms with Crippen LogP contribution in [0.15, 0.2) is 12.7 Å². The molecule has 0 radical (unpaired) electrons. The number of ether oxygens (including phenoxy) is 1. The Balaban J connectivity index is 0. The van der Waals surface area contributed by atoms with Crippen molar-refractivity contribution in [1.82, 2.24) is 4.90 Å². The van der Waals surface area contributed by atoms with Gasteiger partial charge in [-0.2, -0.15) is 0 Å². The van der Waals surface area contributed by atoms with Gasteiger partial charge in [0.1, 0.15) is 0 Å². The summed E-state index contributed by atoms with van der Waals surface area (Å²) in [6.07, 6.45) is 4.27. The van der Waals surface area contributed by atoms with Crippen molar-refractivity contribution < 1.29 is 4.74 Å². The first-order valence-corrected chi connectivity index (χ1v) is 6.18. The second kappa shape index (κ2) is 11.2. The van der Waals surface area contributed by atoms with Crippen molar-refractivity contribution in [2.24, 2.45) is 5.41 Å². The Morgan fingerprint density at radius 1 is 1.31 bits per heavy atom. The van der Waals surface area contributed by atoms with Crippen LogP contribution in [0.2, 0.25) is 0 Å². The highest BCUT2D eigenvalue weighted by atomic mass is 16.5. The number of hydrogen-bond acceptors (Lipinski definition) is 2. The smallest absolute Gasteiger partial charge is 0.0589 e. The molecule has 0 amide bonds. The first-order chi connectivity index (χ1) is 7.43. The molecule has 0 aliphatic carbocycles. The van der Waals surface area contributed by atoms with E-state index in [2.05, 4.69) is 39.3 Å². The summed E-state index contributed by atoms with van der Waals surface area (Å²) in [4.78, 5) is 2.33. The van der Waals surface area contributed by atoms with E-state index >= 15 is 0 Å². The quantitative estimate of drug-likeness (QED) is 0.619. The average molecular weight is 229 g/mol. The lowest BCUT2D eigenvalue weighted by Gasteiger charge is -2.26. The Hall–Kier alpha value is -0.340. The summed E-state index contributed by atoms with van der Waals surface area (Å²) in [5.74, 6) is 0. The first kappa shape index (κ1) is 18.0. The molecule has 16 heavy (non-hydrogen) atoms. The van der Waals surface area contributed by atoms with Crippen LogP contribution in [-0.4, -0.2) is 38.8 Å². The third-order valence-electron chi connectivity index (χ3n) is 2.80. The van der Waals surface area contributed by atoms with Crippen LogP contribution >= 0.6 is 0 Å². The number of allylic oxidation sites excluding steroid dienone is 1. The van der Waals surface area contributed by atoms with Crippen molar-refractivity contribution in [3.05, 3.63) is 12.7 Å². The van der Waals surface area contributed by atoms with Gasteiger partial charge in [0.25, 0.3) is 0 Å². The van der Waals surface area contributed by atoms with Crippen molar-refractivity contribution in [3.8, 4) is 0 Å². The van der Waals surface area contributed by atoms with Crippen LogP contribution < -0.4 is 0 Å². The second-order valence-electron chi connectivity index (χ2n) is 4.97. The number of methoxy groups -OCH3 is 1. The minimum Gasteiger partial charge on any atom is -0.383 e. The van der Waals surface area contributed by atoms with Gasteiger partial charge in [0.05, 0.1) is 6.61 Å². The molecule has 0 aromatic heterocycles. The van der Waals surface area contributed by atoms with E-state index in [0.29, 0.717) is 5.41 Å². The van der Waals surface area contributed by atoms with Crippen LogP contribution in [0.3, 0.4) is 0 Å². The number of likely N-dealkylation sites (N-methyl/N-ethyl adjacent to an activating group) is 1. The topological polar surface area (TPSA) is 12.5 Å². The van der Waals surface area contributed by atoms with Gasteiger partial charge in [-0.25, -0.2) is 0 Å². The molecule has 98 valence electrons. The SMILES string of the molecule is C=CC.CCC(C)(C)CCN(C)CCOC. The molecule has 0 saturated heterocycles. The first-order valence-electron chi connectivity index (χ1n) is 6.18. The molecule has 0 aliphatic heterocycles. The predicted octanol–water partition coefficient (Wildman–Crippen LogP) is 3.58. The summed E-state index contributed by atoms with van der Waals surface area (Å²) in [6, 6.07) is 0. The molecule has 0 rings (SSSR count). The lowest BCUT2D eigenvalue weighted by Crippen LogP contribution is -2.27. The molecular weight excluding hydrogens is 198 g/mol. The molecular formula is C14H31NO. The predicted molar refractivity (Wildman–Crippen MR) is 73.9 cm³/mol. The summed E-state index contributed by atoms with van der Waals surface area (Å²) in [6.45, 7) is 15.2. The number of nitrogens with zero attached hydrogens (tertiary/aromatic N) is 1. The average Bonchev–Trinajstić information content (AvgIpc) is 2.25. The van der Waals surface area contributed by atoms with Gasteiger partial charge >= 0.3 is 0 Å². The van der Waals surface area contributed by atoms with Gasteiger partial charge in [-0.05, 0) is 32.4 Å². The van der Waals surface area contributed by atoms with Gasteiger partial charge in [0, 0.05) is 13.7 Å². The Morgan fingerprint density at radius 2 is 1.81 bits per heavy atom. The number of hydrogen-bond donors (Lipinski definition) is 0.